The molecule has 37 heavy (non-hydrogen) atoms. The maximum atomic E-state index is 13.3. The second-order valence-electron chi connectivity index (χ2n) is 8.44. The number of ether oxygens (including phenoxy) is 2. The van der Waals surface area contributed by atoms with E-state index in [4.69, 9.17) is 9.47 Å². The lowest BCUT2D eigenvalue weighted by molar-refractivity contribution is -0.143. The fourth-order valence-electron chi connectivity index (χ4n) is 3.78. The van der Waals surface area contributed by atoms with Crippen LogP contribution in [-0.4, -0.2) is 66.5 Å². The van der Waals surface area contributed by atoms with Crippen molar-refractivity contribution in [3.63, 3.8) is 0 Å². The number of esters is 1. The van der Waals surface area contributed by atoms with Gasteiger partial charge in [0.05, 0.1) is 37.7 Å². The molecule has 1 aliphatic rings. The minimum atomic E-state index is -0.659. The van der Waals surface area contributed by atoms with Crippen LogP contribution >= 0.6 is 0 Å². The number of carbonyl (C=O) groups excluding carboxylic acids is 4. The molecule has 11 nitrogen and oxygen atoms in total. The van der Waals surface area contributed by atoms with Gasteiger partial charge < -0.3 is 30.3 Å². The minimum Gasteiger partial charge on any atom is -0.491 e. The van der Waals surface area contributed by atoms with Gasteiger partial charge in [-0.1, -0.05) is 19.4 Å². The van der Waals surface area contributed by atoms with Gasteiger partial charge in [0.2, 0.25) is 5.91 Å². The summed E-state index contributed by atoms with van der Waals surface area (Å²) in [5.41, 5.74) is 1.32. The van der Waals surface area contributed by atoms with E-state index in [1.54, 1.807) is 43.6 Å². The van der Waals surface area contributed by atoms with Crippen LogP contribution in [0.4, 0.5) is 10.5 Å². The molecule has 0 bridgehead atoms. The Morgan fingerprint density at radius 2 is 2.05 bits per heavy atom. The number of nitrogens with zero attached hydrogens (tertiary/aromatic N) is 2. The molecule has 0 spiro atoms. The van der Waals surface area contributed by atoms with E-state index in [9.17, 15) is 19.2 Å². The van der Waals surface area contributed by atoms with Crippen LogP contribution in [0.1, 0.15) is 55.1 Å². The van der Waals surface area contributed by atoms with Gasteiger partial charge in [0.25, 0.3) is 5.91 Å². The van der Waals surface area contributed by atoms with Crippen molar-refractivity contribution in [2.24, 2.45) is 0 Å². The van der Waals surface area contributed by atoms with E-state index in [2.05, 4.69) is 20.9 Å². The molecule has 0 saturated heterocycles. The molecule has 3 rings (SSSR count). The molecule has 3 N–H and O–H groups in total. The van der Waals surface area contributed by atoms with Gasteiger partial charge in [0, 0.05) is 24.6 Å². The summed E-state index contributed by atoms with van der Waals surface area (Å²) in [5.74, 6) is -0.926. The van der Waals surface area contributed by atoms with Crippen LogP contribution in [-0.2, 0) is 14.3 Å². The standard InChI is InChI=1S/C26H33N5O6/c1-3-5-11-28-26(35)29-19-8-9-22-20(14-19)25(34)31(12-13-37-22)17-23(32)30-21(15-24(33)36-4-2)18-7-6-10-27-16-18/h6-10,14,16,21H,3-5,11-13,15,17H2,1-2H3,(H,30,32)(H2,28,29,35)/t21-/m0/s1. The summed E-state index contributed by atoms with van der Waals surface area (Å²) >= 11 is 0. The molecule has 2 heterocycles. The first-order valence-electron chi connectivity index (χ1n) is 12.4. The molecule has 1 aliphatic heterocycles. The molecule has 4 amide bonds. The van der Waals surface area contributed by atoms with E-state index in [0.29, 0.717) is 23.5 Å². The number of anilines is 1. The van der Waals surface area contributed by atoms with Gasteiger partial charge in [-0.2, -0.15) is 0 Å². The summed E-state index contributed by atoms with van der Waals surface area (Å²) in [4.78, 5) is 55.9. The molecule has 1 atom stereocenters. The molecular weight excluding hydrogens is 478 g/mol. The number of hydrogen-bond donors (Lipinski definition) is 3. The van der Waals surface area contributed by atoms with Crippen LogP contribution in [0.2, 0.25) is 0 Å². The topological polar surface area (TPSA) is 139 Å². The summed E-state index contributed by atoms with van der Waals surface area (Å²) < 4.78 is 10.7. The van der Waals surface area contributed by atoms with Gasteiger partial charge >= 0.3 is 12.0 Å². The van der Waals surface area contributed by atoms with Gasteiger partial charge in [0.15, 0.2) is 0 Å². The Morgan fingerprint density at radius 1 is 1.22 bits per heavy atom. The van der Waals surface area contributed by atoms with Crippen molar-refractivity contribution in [1.29, 1.82) is 0 Å². The van der Waals surface area contributed by atoms with E-state index in [1.807, 2.05) is 6.92 Å². The van der Waals surface area contributed by atoms with Crippen molar-refractivity contribution < 1.29 is 28.7 Å². The lowest BCUT2D eigenvalue weighted by Gasteiger charge is -2.23. The zero-order chi connectivity index (χ0) is 26.6. The van der Waals surface area contributed by atoms with E-state index < -0.39 is 23.8 Å². The first-order valence-corrected chi connectivity index (χ1v) is 12.4. The highest BCUT2D eigenvalue weighted by Crippen LogP contribution is 2.26. The number of fused-ring (bicyclic) bond motifs is 1. The highest BCUT2D eigenvalue weighted by Gasteiger charge is 2.27. The predicted octanol–water partition coefficient (Wildman–Crippen LogP) is 2.65. The molecule has 0 radical (unpaired) electrons. The molecule has 0 unspecified atom stereocenters. The monoisotopic (exact) mass is 511 g/mol. The molecular formula is C26H33N5O6. The van der Waals surface area contributed by atoms with Gasteiger partial charge in [0.1, 0.15) is 12.4 Å². The summed E-state index contributed by atoms with van der Waals surface area (Å²) in [6, 6.07) is 7.25. The van der Waals surface area contributed by atoms with Gasteiger partial charge in [-0.3, -0.25) is 19.4 Å². The number of hydrogen-bond acceptors (Lipinski definition) is 7. The smallest absolute Gasteiger partial charge is 0.319 e. The summed E-state index contributed by atoms with van der Waals surface area (Å²) in [7, 11) is 0. The summed E-state index contributed by atoms with van der Waals surface area (Å²) in [6.07, 6.45) is 4.92. The van der Waals surface area contributed by atoms with E-state index in [0.717, 1.165) is 12.8 Å². The minimum absolute atomic E-state index is 0.0689. The third kappa shape index (κ3) is 8.19. The second kappa shape index (κ2) is 13.8. The van der Waals surface area contributed by atoms with Crippen molar-refractivity contribution in [3.8, 4) is 5.75 Å². The average molecular weight is 512 g/mol. The third-order valence-electron chi connectivity index (χ3n) is 5.62. The largest absolute Gasteiger partial charge is 0.491 e. The molecule has 0 fully saturated rings. The van der Waals surface area contributed by atoms with Crippen LogP contribution in [0, 0.1) is 0 Å². The number of nitrogens with one attached hydrogen (secondary N) is 3. The predicted molar refractivity (Wildman–Crippen MR) is 136 cm³/mol. The number of unbranched alkanes of at least 4 members (excludes halogenated alkanes) is 1. The summed E-state index contributed by atoms with van der Waals surface area (Å²) in [5, 5.41) is 8.29. The van der Waals surface area contributed by atoms with E-state index >= 15 is 0 Å². The van der Waals surface area contributed by atoms with E-state index in [-0.39, 0.29) is 44.3 Å². The normalized spacial score (nSPS) is 13.5. The zero-order valence-corrected chi connectivity index (χ0v) is 21.1. The Morgan fingerprint density at radius 3 is 2.78 bits per heavy atom. The lowest BCUT2D eigenvalue weighted by atomic mass is 10.1. The first-order chi connectivity index (χ1) is 17.9. The summed E-state index contributed by atoms with van der Waals surface area (Å²) in [6.45, 7) is 4.67. The number of urea groups is 1. The molecule has 0 saturated carbocycles. The van der Waals surface area contributed by atoms with Crippen molar-refractivity contribution in [1.82, 2.24) is 20.5 Å². The van der Waals surface area contributed by atoms with E-state index in [1.165, 1.54) is 11.0 Å². The van der Waals surface area contributed by atoms with Crippen LogP contribution < -0.4 is 20.7 Å². The number of carbonyl (C=O) groups is 4. The number of amides is 4. The maximum absolute atomic E-state index is 13.3. The van der Waals surface area contributed by atoms with Crippen molar-refractivity contribution in [2.45, 2.75) is 39.2 Å². The Hall–Kier alpha value is -4.15. The van der Waals surface area contributed by atoms with Crippen LogP contribution in [0.5, 0.6) is 5.75 Å². The highest BCUT2D eigenvalue weighted by atomic mass is 16.5. The van der Waals surface area contributed by atoms with Gasteiger partial charge in [-0.15, -0.1) is 0 Å². The molecule has 2 aromatic rings. The van der Waals surface area contributed by atoms with Crippen molar-refractivity contribution in [3.05, 3.63) is 53.9 Å². The maximum Gasteiger partial charge on any atom is 0.319 e. The molecule has 198 valence electrons. The fraction of sp³-hybridized carbons (Fsp3) is 0.423. The molecule has 1 aromatic carbocycles. The Bertz CT molecular complexity index is 1090. The third-order valence-corrected chi connectivity index (χ3v) is 5.62. The molecule has 11 heteroatoms. The number of rotatable bonds is 11. The highest BCUT2D eigenvalue weighted by molar-refractivity contribution is 6.01. The second-order valence-corrected chi connectivity index (χ2v) is 8.44. The fourth-order valence-corrected chi connectivity index (χ4v) is 3.78. The van der Waals surface area contributed by atoms with Gasteiger partial charge in [-0.25, -0.2) is 4.79 Å². The first kappa shape index (κ1) is 27.4. The SMILES string of the molecule is CCCCNC(=O)Nc1ccc2c(c1)C(=O)N(CC(=O)N[C@@H](CC(=O)OCC)c1cccnc1)CCO2. The number of benzene rings is 1. The Balaban J connectivity index is 1.68. The van der Waals surface area contributed by atoms with Crippen LogP contribution in [0.3, 0.4) is 0 Å². The van der Waals surface area contributed by atoms with Crippen molar-refractivity contribution >= 4 is 29.5 Å². The average Bonchev–Trinajstić information content (AvgIpc) is 3.03. The van der Waals surface area contributed by atoms with Gasteiger partial charge in [-0.05, 0) is 43.2 Å². The number of pyridine rings is 1. The van der Waals surface area contributed by atoms with Crippen LogP contribution in [0.15, 0.2) is 42.7 Å². The quantitative estimate of drug-likeness (QED) is 0.311. The number of aromatic nitrogens is 1. The van der Waals surface area contributed by atoms with Crippen LogP contribution in [0.25, 0.3) is 0 Å². The molecule has 1 aromatic heterocycles. The van der Waals surface area contributed by atoms with Crippen molar-refractivity contribution in [2.75, 3.05) is 38.2 Å². The Labute approximate surface area is 215 Å². The Kier molecular flexibility index (Phi) is 10.2. The lowest BCUT2D eigenvalue weighted by Crippen LogP contribution is -2.43. The molecule has 0 aliphatic carbocycles. The zero-order valence-electron chi connectivity index (χ0n) is 21.1.